The van der Waals surface area contributed by atoms with Gasteiger partial charge in [0.2, 0.25) is 5.95 Å². The van der Waals surface area contributed by atoms with E-state index in [1.807, 2.05) is 18.6 Å². The molecule has 17 heavy (non-hydrogen) atoms. The molecule has 1 aliphatic heterocycles. The number of halogens is 1. The van der Waals surface area contributed by atoms with Gasteiger partial charge in [0.05, 0.1) is 3.57 Å². The maximum Gasteiger partial charge on any atom is 0.211 e. The predicted octanol–water partition coefficient (Wildman–Crippen LogP) is 1.12. The van der Waals surface area contributed by atoms with Gasteiger partial charge in [0.15, 0.2) is 5.65 Å². The summed E-state index contributed by atoms with van der Waals surface area (Å²) >= 11 is 2.26. The normalized spacial score (nSPS) is 20.4. The van der Waals surface area contributed by atoms with Crippen LogP contribution in [0.4, 0.5) is 5.95 Å². The number of hydrogen-bond acceptors (Lipinski definition) is 4. The summed E-state index contributed by atoms with van der Waals surface area (Å²) in [5.74, 6) is 1.57. The van der Waals surface area contributed by atoms with E-state index in [2.05, 4.69) is 41.9 Å². The van der Waals surface area contributed by atoms with Crippen LogP contribution in [-0.2, 0) is 0 Å². The second-order valence-electron chi connectivity index (χ2n) is 4.36. The zero-order chi connectivity index (χ0) is 11.8. The van der Waals surface area contributed by atoms with Gasteiger partial charge in [-0.25, -0.2) is 9.97 Å². The van der Waals surface area contributed by atoms with Crippen LogP contribution >= 0.6 is 22.6 Å². The maximum atomic E-state index is 5.72. The van der Waals surface area contributed by atoms with Gasteiger partial charge >= 0.3 is 0 Å². The summed E-state index contributed by atoms with van der Waals surface area (Å²) in [7, 11) is 0. The van der Waals surface area contributed by atoms with E-state index in [0.717, 1.165) is 41.2 Å². The van der Waals surface area contributed by atoms with Crippen LogP contribution in [0, 0.1) is 9.49 Å². The maximum absolute atomic E-state index is 5.72. The van der Waals surface area contributed by atoms with Gasteiger partial charge in [-0.05, 0) is 41.5 Å². The van der Waals surface area contributed by atoms with Crippen molar-refractivity contribution in [1.82, 2.24) is 14.4 Å². The number of fused-ring (bicyclic) bond motifs is 1. The highest BCUT2D eigenvalue weighted by Gasteiger charge is 2.24. The third kappa shape index (κ3) is 1.89. The van der Waals surface area contributed by atoms with E-state index in [4.69, 9.17) is 5.73 Å². The monoisotopic (exact) mass is 343 g/mol. The Morgan fingerprint density at radius 1 is 1.47 bits per heavy atom. The summed E-state index contributed by atoms with van der Waals surface area (Å²) in [5.41, 5.74) is 6.70. The highest BCUT2D eigenvalue weighted by Crippen LogP contribution is 2.23. The number of rotatable bonds is 2. The van der Waals surface area contributed by atoms with Crippen molar-refractivity contribution in [2.75, 3.05) is 24.5 Å². The molecule has 2 N–H and O–H groups in total. The first-order valence-corrected chi connectivity index (χ1v) is 6.80. The molecule has 90 valence electrons. The highest BCUT2D eigenvalue weighted by molar-refractivity contribution is 14.1. The Morgan fingerprint density at radius 3 is 3.12 bits per heavy atom. The molecule has 1 atom stereocenters. The average Bonchev–Trinajstić information content (AvgIpc) is 2.98. The molecule has 0 spiro atoms. The van der Waals surface area contributed by atoms with Gasteiger partial charge in [0, 0.05) is 31.7 Å². The zero-order valence-corrected chi connectivity index (χ0v) is 11.5. The van der Waals surface area contributed by atoms with Gasteiger partial charge < -0.3 is 10.6 Å². The molecule has 1 unspecified atom stereocenters. The van der Waals surface area contributed by atoms with Crippen LogP contribution in [0.15, 0.2) is 18.6 Å². The lowest BCUT2D eigenvalue weighted by atomic mass is 10.1. The molecular weight excluding hydrogens is 329 g/mol. The summed E-state index contributed by atoms with van der Waals surface area (Å²) in [6.45, 7) is 2.79. The van der Waals surface area contributed by atoms with Crippen LogP contribution in [0.3, 0.4) is 0 Å². The fourth-order valence-electron chi connectivity index (χ4n) is 2.32. The highest BCUT2D eigenvalue weighted by atomic mass is 127. The molecule has 2 aromatic heterocycles. The molecular formula is C11H14IN5. The van der Waals surface area contributed by atoms with Crippen molar-refractivity contribution in [2.24, 2.45) is 11.7 Å². The summed E-state index contributed by atoms with van der Waals surface area (Å²) in [5, 5.41) is 0. The van der Waals surface area contributed by atoms with E-state index in [1.165, 1.54) is 0 Å². The molecule has 2 aromatic rings. The summed E-state index contributed by atoms with van der Waals surface area (Å²) < 4.78 is 3.13. The van der Waals surface area contributed by atoms with E-state index >= 15 is 0 Å². The smallest absolute Gasteiger partial charge is 0.211 e. The van der Waals surface area contributed by atoms with Gasteiger partial charge in [-0.1, -0.05) is 0 Å². The lowest BCUT2D eigenvalue weighted by Crippen LogP contribution is -2.25. The van der Waals surface area contributed by atoms with Crippen LogP contribution < -0.4 is 10.6 Å². The fraction of sp³-hybridized carbons (Fsp3) is 0.455. The first kappa shape index (κ1) is 11.2. The van der Waals surface area contributed by atoms with Gasteiger partial charge in [0.1, 0.15) is 0 Å². The van der Waals surface area contributed by atoms with Crippen LogP contribution in [0.5, 0.6) is 0 Å². The quantitative estimate of drug-likeness (QED) is 0.831. The lowest BCUT2D eigenvalue weighted by Gasteiger charge is -2.18. The topological polar surface area (TPSA) is 59.5 Å². The molecule has 1 saturated heterocycles. The Labute approximate surface area is 113 Å². The van der Waals surface area contributed by atoms with Crippen molar-refractivity contribution in [3.05, 3.63) is 22.2 Å². The average molecular weight is 343 g/mol. The zero-order valence-electron chi connectivity index (χ0n) is 9.38. The number of hydrogen-bond donors (Lipinski definition) is 1. The summed E-state index contributed by atoms with van der Waals surface area (Å²) in [4.78, 5) is 11.2. The molecule has 0 aliphatic carbocycles. The molecule has 0 amide bonds. The van der Waals surface area contributed by atoms with Crippen LogP contribution in [0.2, 0.25) is 0 Å². The Balaban J connectivity index is 2.01. The molecule has 3 rings (SSSR count). The predicted molar refractivity (Wildman–Crippen MR) is 75.1 cm³/mol. The van der Waals surface area contributed by atoms with Crippen LogP contribution in [0.1, 0.15) is 6.42 Å². The van der Waals surface area contributed by atoms with Gasteiger partial charge in [-0.2, -0.15) is 0 Å². The molecule has 1 fully saturated rings. The molecule has 5 nitrogen and oxygen atoms in total. The first-order valence-electron chi connectivity index (χ1n) is 5.72. The Hall–Kier alpha value is -0.890. The van der Waals surface area contributed by atoms with Gasteiger partial charge in [-0.15, -0.1) is 0 Å². The molecule has 0 bridgehead atoms. The van der Waals surface area contributed by atoms with E-state index < -0.39 is 0 Å². The van der Waals surface area contributed by atoms with E-state index in [-0.39, 0.29) is 0 Å². The van der Waals surface area contributed by atoms with Crippen molar-refractivity contribution in [3.8, 4) is 0 Å². The Bertz CT molecular complexity index is 538. The summed E-state index contributed by atoms with van der Waals surface area (Å²) in [6.07, 6.45) is 6.82. The number of aromatic nitrogens is 3. The molecule has 1 aliphatic rings. The second kappa shape index (κ2) is 4.41. The minimum Gasteiger partial charge on any atom is -0.342 e. The van der Waals surface area contributed by atoms with Crippen molar-refractivity contribution < 1.29 is 0 Å². The Kier molecular flexibility index (Phi) is 2.91. The second-order valence-corrected chi connectivity index (χ2v) is 5.53. The van der Waals surface area contributed by atoms with Crippen molar-refractivity contribution in [2.45, 2.75) is 6.42 Å². The van der Waals surface area contributed by atoms with Crippen LogP contribution in [0.25, 0.3) is 5.65 Å². The van der Waals surface area contributed by atoms with Crippen LogP contribution in [-0.4, -0.2) is 34.0 Å². The van der Waals surface area contributed by atoms with E-state index in [0.29, 0.717) is 5.92 Å². The standard InChI is InChI=1S/C11H14IN5/c12-9-6-15-11(17-4-2-14-10(9)17)16-3-1-8(5-13)7-16/h2,4,6,8H,1,3,5,7,13H2. The third-order valence-corrected chi connectivity index (χ3v) is 4.03. The molecule has 0 radical (unpaired) electrons. The van der Waals surface area contributed by atoms with Crippen molar-refractivity contribution >= 4 is 34.2 Å². The SMILES string of the molecule is NCC1CCN(c2ncc(I)c3nccn23)C1. The van der Waals surface area contributed by atoms with Gasteiger partial charge in [-0.3, -0.25) is 4.40 Å². The molecule has 3 heterocycles. The number of nitrogens with two attached hydrogens (primary N) is 1. The number of imidazole rings is 1. The van der Waals surface area contributed by atoms with Crippen molar-refractivity contribution in [3.63, 3.8) is 0 Å². The van der Waals surface area contributed by atoms with E-state index in [1.54, 1.807) is 0 Å². The lowest BCUT2D eigenvalue weighted by molar-refractivity contribution is 0.601. The number of nitrogens with zero attached hydrogens (tertiary/aromatic N) is 4. The largest absolute Gasteiger partial charge is 0.342 e. The van der Waals surface area contributed by atoms with E-state index in [9.17, 15) is 0 Å². The van der Waals surface area contributed by atoms with Gasteiger partial charge in [0.25, 0.3) is 0 Å². The first-order chi connectivity index (χ1) is 8.29. The molecule has 6 heteroatoms. The van der Waals surface area contributed by atoms with Crippen molar-refractivity contribution in [1.29, 1.82) is 0 Å². The minimum atomic E-state index is 0.592. The minimum absolute atomic E-state index is 0.592. The molecule has 0 aromatic carbocycles. The molecule has 0 saturated carbocycles. The third-order valence-electron chi connectivity index (χ3n) is 3.27. The summed E-state index contributed by atoms with van der Waals surface area (Å²) in [6, 6.07) is 0. The number of anilines is 1. The fourth-order valence-corrected chi connectivity index (χ4v) is 2.85. The Morgan fingerprint density at radius 2 is 2.35 bits per heavy atom.